The maximum absolute atomic E-state index is 14.7. The number of aromatic nitrogens is 2. The summed E-state index contributed by atoms with van der Waals surface area (Å²) in [5, 5.41) is 22.0. The third-order valence-corrected chi connectivity index (χ3v) is 7.31. The topological polar surface area (TPSA) is 58.3 Å². The van der Waals surface area contributed by atoms with Gasteiger partial charge in [-0.1, -0.05) is 17.7 Å². The van der Waals surface area contributed by atoms with Crippen LogP contribution < -0.4 is 0 Å². The second kappa shape index (κ2) is 5.30. The average molecular weight is 366 g/mol. The van der Waals surface area contributed by atoms with E-state index >= 15 is 0 Å². The summed E-state index contributed by atoms with van der Waals surface area (Å²) < 4.78 is 16.6. The number of nitrogens with zero attached hydrogens (tertiary/aromatic N) is 2. The van der Waals surface area contributed by atoms with Crippen molar-refractivity contribution >= 4 is 0 Å². The fraction of sp³-hybridized carbons (Fsp3) is 0.500. The fourth-order valence-electron chi connectivity index (χ4n) is 6.59. The van der Waals surface area contributed by atoms with E-state index in [1.54, 1.807) is 18.6 Å². The lowest BCUT2D eigenvalue weighted by molar-refractivity contribution is -0.0623. The van der Waals surface area contributed by atoms with Crippen LogP contribution in [0, 0.1) is 17.7 Å². The predicted octanol–water partition coefficient (Wildman–Crippen LogP) is 3.59. The summed E-state index contributed by atoms with van der Waals surface area (Å²) in [5.41, 5.74) is 4.32. The molecule has 0 saturated heterocycles. The molecule has 7 rings (SSSR count). The first kappa shape index (κ1) is 16.0. The van der Waals surface area contributed by atoms with Gasteiger partial charge in [-0.15, -0.1) is 0 Å². The number of aliphatic hydroxyl groups is 2. The summed E-state index contributed by atoms with van der Waals surface area (Å²) in [5.74, 6) is 0.633. The minimum atomic E-state index is -0.598. The quantitative estimate of drug-likeness (QED) is 0.816. The molecule has 140 valence electrons. The lowest BCUT2D eigenvalue weighted by atomic mass is 9.55. The van der Waals surface area contributed by atoms with Gasteiger partial charge in [0.1, 0.15) is 5.82 Å². The SMILES string of the molecule is O[C@@H](C[C@H]1c2c(F)cccc2-c2cncn21)C1=C2CC3CC1CC(O)(C2)C3. The lowest BCUT2D eigenvalue weighted by Gasteiger charge is -2.53. The zero-order valence-corrected chi connectivity index (χ0v) is 15.1. The molecule has 1 aromatic carbocycles. The van der Waals surface area contributed by atoms with E-state index in [0.29, 0.717) is 24.3 Å². The number of hydrogen-bond donors (Lipinski definition) is 2. The molecule has 2 N–H and O–H groups in total. The Balaban J connectivity index is 1.37. The van der Waals surface area contributed by atoms with Crippen molar-refractivity contribution in [1.82, 2.24) is 9.55 Å². The molecular weight excluding hydrogens is 343 g/mol. The number of benzene rings is 1. The monoisotopic (exact) mass is 366 g/mol. The first-order chi connectivity index (χ1) is 13.0. The standard InChI is InChI=1S/C22H23FN2O2/c23-16-3-1-2-15-18-10-24-11-25(18)17(21(15)16)6-19(26)20-13-4-12-5-14(20)9-22(27,7-12)8-13/h1-3,10-13,17,19,26-27H,4-9H2/t12?,13?,17-,19-,22?/m0/s1. The Labute approximate surface area is 157 Å². The molecule has 3 unspecified atom stereocenters. The smallest absolute Gasteiger partial charge is 0.129 e. The molecule has 2 saturated carbocycles. The Morgan fingerprint density at radius 1 is 1.33 bits per heavy atom. The summed E-state index contributed by atoms with van der Waals surface area (Å²) in [4.78, 5) is 4.24. The van der Waals surface area contributed by atoms with Gasteiger partial charge in [0.25, 0.3) is 0 Å². The minimum absolute atomic E-state index is 0.217. The molecule has 2 aromatic rings. The molecule has 5 aliphatic rings. The number of halogens is 1. The van der Waals surface area contributed by atoms with Gasteiger partial charge < -0.3 is 14.8 Å². The first-order valence-electron chi connectivity index (χ1n) is 9.95. The average Bonchev–Trinajstić information content (AvgIpc) is 3.16. The van der Waals surface area contributed by atoms with Crippen molar-refractivity contribution in [2.45, 2.75) is 56.3 Å². The molecule has 5 atom stereocenters. The third-order valence-electron chi connectivity index (χ3n) is 7.31. The van der Waals surface area contributed by atoms with E-state index in [0.717, 1.165) is 42.5 Å². The van der Waals surface area contributed by atoms with Crippen LogP contribution in [-0.4, -0.2) is 31.5 Å². The van der Waals surface area contributed by atoms with Crippen LogP contribution in [0.25, 0.3) is 11.3 Å². The van der Waals surface area contributed by atoms with E-state index in [4.69, 9.17) is 0 Å². The van der Waals surface area contributed by atoms with E-state index < -0.39 is 11.7 Å². The maximum Gasteiger partial charge on any atom is 0.129 e. The molecule has 2 fully saturated rings. The molecule has 4 nitrogen and oxygen atoms in total. The summed E-state index contributed by atoms with van der Waals surface area (Å²) in [6.45, 7) is 0. The number of fused-ring (bicyclic) bond motifs is 3. The highest BCUT2D eigenvalue weighted by Gasteiger charge is 2.51. The molecule has 4 aliphatic carbocycles. The van der Waals surface area contributed by atoms with Crippen LogP contribution in [0.4, 0.5) is 4.39 Å². The molecule has 1 aliphatic heterocycles. The Morgan fingerprint density at radius 3 is 3.04 bits per heavy atom. The Hall–Kier alpha value is -1.98. The molecule has 1 aromatic heterocycles. The van der Waals surface area contributed by atoms with Crippen LogP contribution in [0.1, 0.15) is 50.1 Å². The molecule has 2 heterocycles. The van der Waals surface area contributed by atoms with Crippen molar-refractivity contribution < 1.29 is 14.6 Å². The molecule has 27 heavy (non-hydrogen) atoms. The van der Waals surface area contributed by atoms with Crippen molar-refractivity contribution in [3.8, 4) is 11.3 Å². The van der Waals surface area contributed by atoms with Gasteiger partial charge in [0.15, 0.2) is 0 Å². The van der Waals surface area contributed by atoms with E-state index in [9.17, 15) is 14.6 Å². The fourth-order valence-corrected chi connectivity index (χ4v) is 6.59. The highest BCUT2D eigenvalue weighted by Crippen LogP contribution is 2.57. The summed E-state index contributed by atoms with van der Waals surface area (Å²) in [7, 11) is 0. The van der Waals surface area contributed by atoms with Crippen molar-refractivity contribution in [1.29, 1.82) is 0 Å². The number of rotatable bonds is 3. The van der Waals surface area contributed by atoms with Gasteiger partial charge in [-0.2, -0.15) is 0 Å². The second-order valence-corrected chi connectivity index (χ2v) is 9.03. The van der Waals surface area contributed by atoms with Crippen LogP contribution in [0.5, 0.6) is 0 Å². The maximum atomic E-state index is 14.7. The predicted molar refractivity (Wildman–Crippen MR) is 98.4 cm³/mol. The highest BCUT2D eigenvalue weighted by atomic mass is 19.1. The number of aliphatic hydroxyl groups excluding tert-OH is 1. The van der Waals surface area contributed by atoms with Gasteiger partial charge >= 0.3 is 0 Å². The largest absolute Gasteiger partial charge is 0.390 e. The highest BCUT2D eigenvalue weighted by molar-refractivity contribution is 5.69. The van der Waals surface area contributed by atoms with Crippen molar-refractivity contribution in [3.05, 3.63) is 53.3 Å². The Bertz CT molecular complexity index is 980. The van der Waals surface area contributed by atoms with Crippen LogP contribution in [-0.2, 0) is 0 Å². The molecule has 5 heteroatoms. The third kappa shape index (κ3) is 2.18. The molecule has 0 radical (unpaired) electrons. The zero-order chi connectivity index (χ0) is 18.3. The summed E-state index contributed by atoms with van der Waals surface area (Å²) in [6.07, 6.45) is 7.84. The van der Waals surface area contributed by atoms with Gasteiger partial charge in [-0.3, -0.25) is 0 Å². The minimum Gasteiger partial charge on any atom is -0.390 e. The molecule has 4 bridgehead atoms. The van der Waals surface area contributed by atoms with Crippen molar-refractivity contribution in [2.24, 2.45) is 11.8 Å². The lowest BCUT2D eigenvalue weighted by Crippen LogP contribution is -2.49. The van der Waals surface area contributed by atoms with Gasteiger partial charge in [0.05, 0.1) is 36.0 Å². The van der Waals surface area contributed by atoms with Crippen LogP contribution in [0.15, 0.2) is 41.9 Å². The van der Waals surface area contributed by atoms with Crippen LogP contribution in [0.2, 0.25) is 0 Å². The molecular formula is C22H23FN2O2. The number of hydrogen-bond acceptors (Lipinski definition) is 3. The van der Waals surface area contributed by atoms with E-state index in [1.165, 1.54) is 11.6 Å². The molecule has 0 spiro atoms. The zero-order valence-electron chi connectivity index (χ0n) is 15.1. The van der Waals surface area contributed by atoms with E-state index in [2.05, 4.69) is 4.98 Å². The van der Waals surface area contributed by atoms with Gasteiger partial charge in [-0.25, -0.2) is 9.37 Å². The Morgan fingerprint density at radius 2 is 2.22 bits per heavy atom. The summed E-state index contributed by atoms with van der Waals surface area (Å²) >= 11 is 0. The van der Waals surface area contributed by atoms with Crippen molar-refractivity contribution in [2.75, 3.05) is 0 Å². The second-order valence-electron chi connectivity index (χ2n) is 9.03. The van der Waals surface area contributed by atoms with Crippen molar-refractivity contribution in [3.63, 3.8) is 0 Å². The summed E-state index contributed by atoms with van der Waals surface area (Å²) in [6, 6.07) is 4.92. The van der Waals surface area contributed by atoms with Gasteiger partial charge in [-0.05, 0) is 55.6 Å². The van der Waals surface area contributed by atoms with Gasteiger partial charge in [0.2, 0.25) is 0 Å². The normalized spacial score (nSPS) is 34.1. The van der Waals surface area contributed by atoms with Crippen LogP contribution in [0.3, 0.4) is 0 Å². The first-order valence-corrected chi connectivity index (χ1v) is 9.95. The van der Waals surface area contributed by atoms with E-state index in [1.807, 2.05) is 10.6 Å². The van der Waals surface area contributed by atoms with E-state index in [-0.39, 0.29) is 17.8 Å². The van der Waals surface area contributed by atoms with Crippen LogP contribution >= 0.6 is 0 Å². The molecule has 0 amide bonds. The number of imidazole rings is 1. The Kier molecular flexibility index (Phi) is 3.14. The van der Waals surface area contributed by atoms with Gasteiger partial charge in [0, 0.05) is 17.5 Å².